The van der Waals surface area contributed by atoms with Crippen LogP contribution in [0.3, 0.4) is 0 Å². The number of fused-ring (bicyclic) bond motifs is 1. The number of ether oxygens (including phenoxy) is 5. The SMILES string of the molecule is CO[C@@H]1[C@H]2OC(C)(C)O[C@H]2O[C@@H]1[C@H](CN)C(=O)OCc1ccccc1. The van der Waals surface area contributed by atoms with E-state index in [-0.39, 0.29) is 13.2 Å². The molecule has 0 amide bonds. The van der Waals surface area contributed by atoms with E-state index >= 15 is 0 Å². The maximum absolute atomic E-state index is 12.5. The first-order valence-corrected chi connectivity index (χ1v) is 8.39. The van der Waals surface area contributed by atoms with Gasteiger partial charge in [0.15, 0.2) is 12.1 Å². The number of hydrogen-bond acceptors (Lipinski definition) is 7. The smallest absolute Gasteiger partial charge is 0.313 e. The Morgan fingerprint density at radius 3 is 2.64 bits per heavy atom. The van der Waals surface area contributed by atoms with Crippen LogP contribution in [0.15, 0.2) is 30.3 Å². The van der Waals surface area contributed by atoms with E-state index in [0.29, 0.717) is 0 Å². The minimum Gasteiger partial charge on any atom is -0.460 e. The first kappa shape index (κ1) is 18.3. The average molecular weight is 351 g/mol. The van der Waals surface area contributed by atoms with E-state index in [9.17, 15) is 4.79 Å². The highest BCUT2D eigenvalue weighted by Crippen LogP contribution is 2.40. The molecule has 0 spiro atoms. The van der Waals surface area contributed by atoms with Gasteiger partial charge in [0.1, 0.15) is 24.9 Å². The topological polar surface area (TPSA) is 89.2 Å². The van der Waals surface area contributed by atoms with E-state index in [1.807, 2.05) is 44.2 Å². The van der Waals surface area contributed by atoms with E-state index in [4.69, 9.17) is 29.4 Å². The normalized spacial score (nSPS) is 31.5. The van der Waals surface area contributed by atoms with E-state index in [1.54, 1.807) is 7.11 Å². The van der Waals surface area contributed by atoms with Gasteiger partial charge in [-0.1, -0.05) is 30.3 Å². The Balaban J connectivity index is 1.65. The second kappa shape index (κ2) is 7.39. The van der Waals surface area contributed by atoms with Gasteiger partial charge in [0.25, 0.3) is 0 Å². The molecule has 0 bridgehead atoms. The molecule has 2 aliphatic heterocycles. The van der Waals surface area contributed by atoms with Gasteiger partial charge in [-0.2, -0.15) is 0 Å². The van der Waals surface area contributed by atoms with Gasteiger partial charge in [-0.3, -0.25) is 4.79 Å². The van der Waals surface area contributed by atoms with E-state index in [2.05, 4.69) is 0 Å². The summed E-state index contributed by atoms with van der Waals surface area (Å²) >= 11 is 0. The van der Waals surface area contributed by atoms with Crippen molar-refractivity contribution in [2.24, 2.45) is 11.7 Å². The summed E-state index contributed by atoms with van der Waals surface area (Å²) in [5, 5.41) is 0. The molecular weight excluding hydrogens is 326 g/mol. The van der Waals surface area contributed by atoms with Crippen LogP contribution in [-0.2, 0) is 35.1 Å². The Hall–Kier alpha value is -1.51. The Morgan fingerprint density at radius 1 is 1.28 bits per heavy atom. The minimum atomic E-state index is -0.747. The molecule has 1 aromatic carbocycles. The van der Waals surface area contributed by atoms with Crippen LogP contribution in [0.1, 0.15) is 19.4 Å². The third kappa shape index (κ3) is 3.86. The maximum atomic E-state index is 12.5. The zero-order chi connectivity index (χ0) is 18.0. The number of esters is 1. The van der Waals surface area contributed by atoms with E-state index in [0.717, 1.165) is 5.56 Å². The first-order chi connectivity index (χ1) is 11.9. The third-order valence-electron chi connectivity index (χ3n) is 4.48. The lowest BCUT2D eigenvalue weighted by atomic mass is 9.96. The number of benzene rings is 1. The number of nitrogens with two attached hydrogens (primary N) is 1. The van der Waals surface area contributed by atoms with Gasteiger partial charge in [0.2, 0.25) is 0 Å². The first-order valence-electron chi connectivity index (χ1n) is 8.39. The van der Waals surface area contributed by atoms with Gasteiger partial charge in [-0.15, -0.1) is 0 Å². The van der Waals surface area contributed by atoms with Crippen molar-refractivity contribution in [3.05, 3.63) is 35.9 Å². The van der Waals surface area contributed by atoms with Crippen molar-refractivity contribution in [2.45, 2.75) is 50.8 Å². The van der Waals surface area contributed by atoms with Crippen LogP contribution >= 0.6 is 0 Å². The van der Waals surface area contributed by atoms with Gasteiger partial charge in [-0.25, -0.2) is 0 Å². The summed E-state index contributed by atoms with van der Waals surface area (Å²) in [5.74, 6) is -1.82. The number of carbonyl (C=O) groups is 1. The zero-order valence-electron chi connectivity index (χ0n) is 14.7. The summed E-state index contributed by atoms with van der Waals surface area (Å²) in [4.78, 5) is 12.5. The largest absolute Gasteiger partial charge is 0.460 e. The molecule has 2 N–H and O–H groups in total. The molecule has 5 atom stereocenters. The second-order valence-electron chi connectivity index (χ2n) is 6.71. The van der Waals surface area contributed by atoms with Gasteiger partial charge in [-0.05, 0) is 19.4 Å². The molecule has 0 aliphatic carbocycles. The number of carbonyl (C=O) groups excluding carboxylic acids is 1. The van der Waals surface area contributed by atoms with E-state index < -0.39 is 42.3 Å². The monoisotopic (exact) mass is 351 g/mol. The minimum absolute atomic E-state index is 0.0843. The predicted molar refractivity (Wildman–Crippen MR) is 88.3 cm³/mol. The molecule has 3 rings (SSSR count). The fourth-order valence-electron chi connectivity index (χ4n) is 3.30. The summed E-state index contributed by atoms with van der Waals surface area (Å²) in [6, 6.07) is 9.47. The predicted octanol–water partition coefficient (Wildman–Crippen LogP) is 1.20. The number of rotatable bonds is 6. The molecular formula is C18H25NO6. The summed E-state index contributed by atoms with van der Waals surface area (Å²) < 4.78 is 28.4. The average Bonchev–Trinajstić information content (AvgIpc) is 3.05. The second-order valence-corrected chi connectivity index (χ2v) is 6.71. The van der Waals surface area contributed by atoms with Crippen LogP contribution in [0.25, 0.3) is 0 Å². The Labute approximate surface area is 147 Å². The van der Waals surface area contributed by atoms with Crippen LogP contribution in [0.4, 0.5) is 0 Å². The maximum Gasteiger partial charge on any atom is 0.313 e. The molecule has 2 aliphatic rings. The van der Waals surface area contributed by atoms with Crippen molar-refractivity contribution in [1.82, 2.24) is 0 Å². The quantitative estimate of drug-likeness (QED) is 0.770. The van der Waals surface area contributed by atoms with Crippen molar-refractivity contribution < 1.29 is 28.5 Å². The molecule has 0 aromatic heterocycles. The number of hydrogen-bond donors (Lipinski definition) is 1. The zero-order valence-corrected chi connectivity index (χ0v) is 14.7. The highest BCUT2D eigenvalue weighted by molar-refractivity contribution is 5.73. The highest BCUT2D eigenvalue weighted by atomic mass is 16.8. The lowest BCUT2D eigenvalue weighted by molar-refractivity contribution is -0.223. The van der Waals surface area contributed by atoms with Crippen LogP contribution in [-0.4, -0.2) is 50.0 Å². The molecule has 138 valence electrons. The Morgan fingerprint density at radius 2 is 2.00 bits per heavy atom. The molecule has 1 aromatic rings. The van der Waals surface area contributed by atoms with Crippen LogP contribution in [0, 0.1) is 5.92 Å². The van der Waals surface area contributed by atoms with E-state index in [1.165, 1.54) is 0 Å². The van der Waals surface area contributed by atoms with Crippen molar-refractivity contribution in [3.63, 3.8) is 0 Å². The van der Waals surface area contributed by atoms with Gasteiger partial charge in [0, 0.05) is 13.7 Å². The number of methoxy groups -OCH3 is 1. The molecule has 7 heteroatoms. The standard InChI is InChI=1S/C18H25NO6/c1-18(2)24-15-14(21-3)13(23-17(15)25-18)12(9-19)16(20)22-10-11-7-5-4-6-8-11/h4-8,12-15,17H,9-10,19H2,1-3H3/t12-,13+,14-,15+,17+/m0/s1. The third-order valence-corrected chi connectivity index (χ3v) is 4.48. The van der Waals surface area contributed by atoms with Crippen molar-refractivity contribution >= 4 is 5.97 Å². The summed E-state index contributed by atoms with van der Waals surface area (Å²) in [6.45, 7) is 3.89. The lowest BCUT2D eigenvalue weighted by Crippen LogP contribution is -2.45. The van der Waals surface area contributed by atoms with Crippen molar-refractivity contribution in [2.75, 3.05) is 13.7 Å². The molecule has 2 heterocycles. The molecule has 0 saturated carbocycles. The summed E-state index contributed by atoms with van der Waals surface area (Å²) in [7, 11) is 1.56. The summed E-state index contributed by atoms with van der Waals surface area (Å²) in [5.41, 5.74) is 6.73. The molecule has 0 unspecified atom stereocenters. The molecule has 25 heavy (non-hydrogen) atoms. The summed E-state index contributed by atoms with van der Waals surface area (Å²) in [6.07, 6.45) is -2.02. The molecule has 2 saturated heterocycles. The molecule has 0 radical (unpaired) electrons. The van der Waals surface area contributed by atoms with Gasteiger partial charge < -0.3 is 29.4 Å². The van der Waals surface area contributed by atoms with Crippen molar-refractivity contribution in [3.8, 4) is 0 Å². The molecule has 2 fully saturated rings. The highest BCUT2D eigenvalue weighted by Gasteiger charge is 2.57. The fraction of sp³-hybridized carbons (Fsp3) is 0.611. The molecule has 7 nitrogen and oxygen atoms in total. The Bertz CT molecular complexity index is 592. The van der Waals surface area contributed by atoms with Gasteiger partial charge >= 0.3 is 5.97 Å². The Kier molecular flexibility index (Phi) is 5.41. The van der Waals surface area contributed by atoms with Gasteiger partial charge in [0.05, 0.1) is 5.92 Å². The van der Waals surface area contributed by atoms with Crippen LogP contribution < -0.4 is 5.73 Å². The fourth-order valence-corrected chi connectivity index (χ4v) is 3.30. The lowest BCUT2D eigenvalue weighted by Gasteiger charge is -2.28. The van der Waals surface area contributed by atoms with Crippen molar-refractivity contribution in [1.29, 1.82) is 0 Å². The van der Waals surface area contributed by atoms with Crippen LogP contribution in [0.5, 0.6) is 0 Å². The van der Waals surface area contributed by atoms with Crippen LogP contribution in [0.2, 0.25) is 0 Å².